The number of amides is 2. The van der Waals surface area contributed by atoms with Crippen LogP contribution in [0.2, 0.25) is 5.02 Å². The summed E-state index contributed by atoms with van der Waals surface area (Å²) in [6, 6.07) is 12.0. The number of ether oxygens (including phenoxy) is 1. The molecule has 0 radical (unpaired) electrons. The fourth-order valence-corrected chi connectivity index (χ4v) is 6.12. The highest BCUT2D eigenvalue weighted by atomic mass is 35.5. The van der Waals surface area contributed by atoms with Crippen molar-refractivity contribution in [2.45, 2.75) is 102 Å². The maximum atomic E-state index is 14.7. The summed E-state index contributed by atoms with van der Waals surface area (Å²) in [5, 5.41) is 4.56. The van der Waals surface area contributed by atoms with Crippen molar-refractivity contribution in [2.75, 3.05) is 11.9 Å². The Bertz CT molecular complexity index is 1540. The van der Waals surface area contributed by atoms with Gasteiger partial charge in [-0.05, 0) is 96.2 Å². The van der Waals surface area contributed by atoms with Crippen LogP contribution in [0.15, 0.2) is 53.7 Å². The second-order valence-electron chi connectivity index (χ2n) is 14.3. The number of hydrogen-bond acceptors (Lipinski definition) is 8. The molecule has 248 valence electrons. The second-order valence-corrected chi connectivity index (χ2v) is 15.6. The zero-order valence-electron chi connectivity index (χ0n) is 27.8. The van der Waals surface area contributed by atoms with Gasteiger partial charge in [0.15, 0.2) is 0 Å². The van der Waals surface area contributed by atoms with Crippen LogP contribution in [0, 0.1) is 11.9 Å². The summed E-state index contributed by atoms with van der Waals surface area (Å²) in [6.45, 7) is 16.2. The van der Waals surface area contributed by atoms with E-state index in [1.54, 1.807) is 24.4 Å². The molecule has 3 aromatic rings. The van der Waals surface area contributed by atoms with E-state index < -0.39 is 17.5 Å². The number of hydrogen-bond donors (Lipinski definition) is 2. The van der Waals surface area contributed by atoms with Crippen molar-refractivity contribution in [3.63, 3.8) is 0 Å². The molecule has 0 aromatic carbocycles. The number of nitrogens with one attached hydrogen (secondary N) is 2. The Balaban J connectivity index is 1.43. The molecule has 2 amide bonds. The summed E-state index contributed by atoms with van der Waals surface area (Å²) in [5.41, 5.74) is 0.0180. The molecule has 4 rings (SSSR count). The Morgan fingerprint density at radius 2 is 1.85 bits per heavy atom. The summed E-state index contributed by atoms with van der Waals surface area (Å²) in [7, 11) is 0. The minimum Gasteiger partial charge on any atom is -0.444 e. The first kappa shape index (κ1) is 35.4. The highest BCUT2D eigenvalue weighted by molar-refractivity contribution is 7.97. The molecule has 9 nitrogen and oxygen atoms in total. The fourth-order valence-electron chi connectivity index (χ4n) is 5.41. The van der Waals surface area contributed by atoms with E-state index in [1.165, 1.54) is 6.07 Å². The zero-order valence-corrected chi connectivity index (χ0v) is 29.4. The van der Waals surface area contributed by atoms with Gasteiger partial charge < -0.3 is 15.0 Å². The minimum atomic E-state index is -0.813. The number of rotatable bonds is 9. The van der Waals surface area contributed by atoms with Crippen molar-refractivity contribution in [1.29, 1.82) is 0 Å². The Morgan fingerprint density at radius 3 is 2.48 bits per heavy atom. The lowest BCUT2D eigenvalue weighted by atomic mass is 9.91. The lowest BCUT2D eigenvalue weighted by Crippen LogP contribution is -2.45. The number of likely N-dealkylation sites (tertiary alicyclic amines) is 1. The number of carbonyl (C=O) groups is 2. The first-order chi connectivity index (χ1) is 21.4. The number of anilines is 1. The van der Waals surface area contributed by atoms with Crippen LogP contribution in [0.1, 0.15) is 102 Å². The van der Waals surface area contributed by atoms with E-state index >= 15 is 0 Å². The molecular weight excluding hydrogens is 627 g/mol. The molecule has 12 heteroatoms. The summed E-state index contributed by atoms with van der Waals surface area (Å²) in [5.74, 6) is -0.548. The van der Waals surface area contributed by atoms with E-state index in [4.69, 9.17) is 16.3 Å². The van der Waals surface area contributed by atoms with E-state index in [-0.39, 0.29) is 34.6 Å². The average Bonchev–Trinajstić information content (AvgIpc) is 3.27. The van der Waals surface area contributed by atoms with Crippen LogP contribution >= 0.6 is 23.5 Å². The first-order valence-electron chi connectivity index (χ1n) is 15.4. The van der Waals surface area contributed by atoms with Gasteiger partial charge in [-0.15, -0.1) is 0 Å². The predicted molar refractivity (Wildman–Crippen MR) is 180 cm³/mol. The number of carbonyl (C=O) groups excluding carboxylic acids is 2. The highest BCUT2D eigenvalue weighted by Gasteiger charge is 2.43. The normalized spacial score (nSPS) is 17.0. The predicted octanol–water partition coefficient (Wildman–Crippen LogP) is 8.37. The van der Waals surface area contributed by atoms with Crippen LogP contribution in [0.4, 0.5) is 15.0 Å². The molecule has 1 aliphatic heterocycles. The third-order valence-corrected chi connectivity index (χ3v) is 8.65. The van der Waals surface area contributed by atoms with E-state index in [1.807, 2.05) is 64.6 Å². The van der Waals surface area contributed by atoms with Gasteiger partial charge in [0.05, 0.1) is 22.3 Å². The van der Waals surface area contributed by atoms with E-state index in [0.29, 0.717) is 28.1 Å². The standard InChI is InChI=1S/C34H44ClFN6O3S/c1-32(2,3)26-17-14-23(29(36)39-26)30(43)41-46-28-11-9-10-27(40-28)38-25(24-16-13-22(35)19-37-24)15-12-21-18-34(7,8)42(20-21)31(44)45-33(4,5)6/h9-11,13-14,16-17,19,21,25H,12,15,18,20H2,1-8H3,(H,38,40)(H,41,43)/t21-,25?/m0/s1. The van der Waals surface area contributed by atoms with Crippen LogP contribution in [-0.2, 0) is 10.2 Å². The molecule has 4 heterocycles. The maximum Gasteiger partial charge on any atom is 0.410 e. The smallest absolute Gasteiger partial charge is 0.410 e. The molecule has 46 heavy (non-hydrogen) atoms. The van der Waals surface area contributed by atoms with Crippen LogP contribution in [0.5, 0.6) is 0 Å². The third-order valence-electron chi connectivity index (χ3n) is 7.70. The number of aromatic nitrogens is 3. The first-order valence-corrected chi connectivity index (χ1v) is 16.6. The molecule has 0 bridgehead atoms. The number of pyridine rings is 3. The Hall–Kier alpha value is -3.44. The Kier molecular flexibility index (Phi) is 10.9. The lowest BCUT2D eigenvalue weighted by Gasteiger charge is -2.33. The largest absolute Gasteiger partial charge is 0.444 e. The SMILES string of the molecule is CC(C)(C)OC(=O)N1C[C@@H](CCC(Nc2cccc(SNC(=O)c3ccc(C(C)(C)C)nc3F)n2)c2ccc(Cl)cn2)CC1(C)C. The molecule has 3 aromatic heterocycles. The summed E-state index contributed by atoms with van der Waals surface area (Å²) in [6.07, 6.45) is 3.74. The molecule has 2 N–H and O–H groups in total. The second kappa shape index (κ2) is 14.1. The topological polar surface area (TPSA) is 109 Å². The van der Waals surface area contributed by atoms with E-state index in [0.717, 1.165) is 36.9 Å². The summed E-state index contributed by atoms with van der Waals surface area (Å²) < 4.78 is 23.0. The van der Waals surface area contributed by atoms with Crippen molar-refractivity contribution in [1.82, 2.24) is 24.6 Å². The van der Waals surface area contributed by atoms with Crippen LogP contribution in [-0.4, -0.2) is 49.5 Å². The minimum absolute atomic E-state index is 0.135. The molecule has 0 aliphatic carbocycles. The van der Waals surface area contributed by atoms with Crippen molar-refractivity contribution >= 4 is 41.4 Å². The summed E-state index contributed by atoms with van der Waals surface area (Å²) in [4.78, 5) is 40.7. The van der Waals surface area contributed by atoms with E-state index in [2.05, 4.69) is 38.8 Å². The maximum absolute atomic E-state index is 14.7. The van der Waals surface area contributed by atoms with Crippen molar-refractivity contribution in [3.05, 3.63) is 76.6 Å². The molecule has 1 saturated heterocycles. The van der Waals surface area contributed by atoms with Gasteiger partial charge in [-0.2, -0.15) is 4.39 Å². The van der Waals surface area contributed by atoms with Gasteiger partial charge in [-0.1, -0.05) is 38.4 Å². The van der Waals surface area contributed by atoms with Gasteiger partial charge in [0, 0.05) is 41.3 Å². The van der Waals surface area contributed by atoms with Crippen molar-refractivity contribution in [3.8, 4) is 0 Å². The Morgan fingerprint density at radius 1 is 1.11 bits per heavy atom. The quantitative estimate of drug-likeness (QED) is 0.173. The van der Waals surface area contributed by atoms with Gasteiger partial charge in [0.2, 0.25) is 5.95 Å². The van der Waals surface area contributed by atoms with Crippen LogP contribution < -0.4 is 10.0 Å². The van der Waals surface area contributed by atoms with Gasteiger partial charge >= 0.3 is 6.09 Å². The van der Waals surface area contributed by atoms with Gasteiger partial charge in [0.1, 0.15) is 16.4 Å². The molecule has 0 saturated carbocycles. The Labute approximate surface area is 280 Å². The molecule has 1 aliphatic rings. The molecule has 1 unspecified atom stereocenters. The van der Waals surface area contributed by atoms with Gasteiger partial charge in [0.25, 0.3) is 5.91 Å². The molecular formula is C34H44ClFN6O3S. The highest BCUT2D eigenvalue weighted by Crippen LogP contribution is 2.38. The lowest BCUT2D eigenvalue weighted by molar-refractivity contribution is 0.0130. The monoisotopic (exact) mass is 670 g/mol. The van der Waals surface area contributed by atoms with Gasteiger partial charge in [-0.25, -0.2) is 14.8 Å². The van der Waals surface area contributed by atoms with Crippen molar-refractivity contribution in [2.24, 2.45) is 5.92 Å². The third kappa shape index (κ3) is 9.54. The van der Waals surface area contributed by atoms with Gasteiger partial charge in [-0.3, -0.25) is 14.5 Å². The zero-order chi connectivity index (χ0) is 33.9. The fraction of sp³-hybridized carbons (Fsp3) is 0.500. The van der Waals surface area contributed by atoms with E-state index in [9.17, 15) is 14.0 Å². The molecule has 2 atom stereocenters. The number of nitrogens with zero attached hydrogens (tertiary/aromatic N) is 4. The molecule has 0 spiro atoms. The van der Waals surface area contributed by atoms with Crippen molar-refractivity contribution < 1.29 is 18.7 Å². The van der Waals surface area contributed by atoms with Crippen LogP contribution in [0.3, 0.4) is 0 Å². The number of halogens is 2. The summed E-state index contributed by atoms with van der Waals surface area (Å²) >= 11 is 7.13. The molecule has 1 fully saturated rings. The van der Waals surface area contributed by atoms with Crippen LogP contribution in [0.25, 0.3) is 0 Å². The average molecular weight is 671 g/mol.